The van der Waals surface area contributed by atoms with Gasteiger partial charge in [0, 0.05) is 30.7 Å². The van der Waals surface area contributed by atoms with Crippen molar-refractivity contribution in [2.24, 2.45) is 0 Å². The van der Waals surface area contributed by atoms with Gasteiger partial charge in [0.2, 0.25) is 0 Å². The van der Waals surface area contributed by atoms with Crippen LogP contribution in [0.5, 0.6) is 0 Å². The normalized spacial score (nSPS) is 15.0. The maximum Gasteiger partial charge on any atom is 0.0923 e. The summed E-state index contributed by atoms with van der Waals surface area (Å²) < 4.78 is 2.48. The van der Waals surface area contributed by atoms with Gasteiger partial charge in [0.1, 0.15) is 0 Å². The molecule has 0 spiro atoms. The molecule has 0 fully saturated rings. The number of hydrogen-bond donors (Lipinski definition) is 1. The summed E-state index contributed by atoms with van der Waals surface area (Å²) in [5, 5.41) is 0. The van der Waals surface area contributed by atoms with Crippen LogP contribution in [0.1, 0.15) is 11.3 Å². The monoisotopic (exact) mass is 350 g/mol. The molecule has 2 heterocycles. The molecular formula is C20H22N4S. The Morgan fingerprint density at radius 2 is 1.84 bits per heavy atom. The first kappa shape index (κ1) is 16.2. The van der Waals surface area contributed by atoms with Crippen molar-refractivity contribution in [2.45, 2.75) is 17.9 Å². The van der Waals surface area contributed by atoms with Gasteiger partial charge in [-0.05, 0) is 36.1 Å². The average Bonchev–Trinajstić information content (AvgIpc) is 3.10. The molecule has 1 aliphatic rings. The van der Waals surface area contributed by atoms with Crippen LogP contribution in [0.25, 0.3) is 0 Å². The van der Waals surface area contributed by atoms with Crippen molar-refractivity contribution in [3.63, 3.8) is 0 Å². The van der Waals surface area contributed by atoms with E-state index in [0.29, 0.717) is 0 Å². The minimum atomic E-state index is 0.841. The van der Waals surface area contributed by atoms with Crippen LogP contribution < -0.4 is 4.90 Å². The van der Waals surface area contributed by atoms with Gasteiger partial charge in [-0.15, -0.1) is 0 Å². The zero-order valence-corrected chi connectivity index (χ0v) is 15.0. The molecule has 1 aromatic heterocycles. The van der Waals surface area contributed by atoms with E-state index in [2.05, 4.69) is 73.8 Å². The van der Waals surface area contributed by atoms with Gasteiger partial charge in [0.25, 0.3) is 0 Å². The number of hydrogen-bond acceptors (Lipinski definition) is 4. The molecule has 1 aliphatic heterocycles. The lowest BCUT2D eigenvalue weighted by molar-refractivity contribution is 0.480. The maximum atomic E-state index is 4.39. The summed E-state index contributed by atoms with van der Waals surface area (Å²) in [4.78, 5) is 11.2. The Labute approximate surface area is 153 Å². The summed E-state index contributed by atoms with van der Waals surface area (Å²) >= 11 is 1.88. The lowest BCUT2D eigenvalue weighted by Crippen LogP contribution is -2.30. The fraction of sp³-hybridized carbons (Fsp3) is 0.250. The Kier molecular flexibility index (Phi) is 5.04. The number of aromatic nitrogens is 2. The SMILES string of the molecule is c1ccc(CCN2CCN(Cc3c[nH]cn3)c3ccccc3S2)cc1. The quantitative estimate of drug-likeness (QED) is 0.706. The largest absolute Gasteiger partial charge is 0.363 e. The van der Waals surface area contributed by atoms with Crippen molar-refractivity contribution in [1.29, 1.82) is 0 Å². The predicted octanol–water partition coefficient (Wildman–Crippen LogP) is 3.98. The molecule has 0 unspecified atom stereocenters. The third-order valence-electron chi connectivity index (χ3n) is 4.45. The molecule has 2 aromatic carbocycles. The van der Waals surface area contributed by atoms with Crippen LogP contribution in [-0.4, -0.2) is 33.9 Å². The van der Waals surface area contributed by atoms with Gasteiger partial charge in [0.05, 0.1) is 24.3 Å². The number of rotatable bonds is 5. The van der Waals surface area contributed by atoms with Crippen LogP contribution in [0.3, 0.4) is 0 Å². The second-order valence-electron chi connectivity index (χ2n) is 6.21. The van der Waals surface area contributed by atoms with Crippen molar-refractivity contribution in [1.82, 2.24) is 14.3 Å². The Morgan fingerprint density at radius 1 is 1.00 bits per heavy atom. The van der Waals surface area contributed by atoms with E-state index in [9.17, 15) is 0 Å². The summed E-state index contributed by atoms with van der Waals surface area (Å²) in [7, 11) is 0. The van der Waals surface area contributed by atoms with Gasteiger partial charge in [-0.1, -0.05) is 42.5 Å². The van der Waals surface area contributed by atoms with E-state index in [0.717, 1.165) is 38.3 Å². The summed E-state index contributed by atoms with van der Waals surface area (Å²) in [6.07, 6.45) is 4.81. The number of fused-ring (bicyclic) bond motifs is 1. The lowest BCUT2D eigenvalue weighted by atomic mass is 10.1. The standard InChI is InChI=1S/C20H22N4S/c1-2-6-17(7-3-1)10-11-24-13-12-23(15-18-14-21-16-22-18)19-8-4-5-9-20(19)25-24/h1-9,14,16H,10-13,15H2,(H,21,22). The molecule has 0 amide bonds. The molecule has 0 radical (unpaired) electrons. The Bertz CT molecular complexity index is 788. The summed E-state index contributed by atoms with van der Waals surface area (Å²) in [5.74, 6) is 0. The molecule has 0 bridgehead atoms. The maximum absolute atomic E-state index is 4.39. The Morgan fingerprint density at radius 3 is 2.68 bits per heavy atom. The highest BCUT2D eigenvalue weighted by atomic mass is 32.2. The number of para-hydroxylation sites is 1. The van der Waals surface area contributed by atoms with Gasteiger partial charge >= 0.3 is 0 Å². The van der Waals surface area contributed by atoms with Crippen molar-refractivity contribution < 1.29 is 0 Å². The molecule has 128 valence electrons. The summed E-state index contributed by atoms with van der Waals surface area (Å²) in [5.41, 5.74) is 3.78. The summed E-state index contributed by atoms with van der Waals surface area (Å²) in [6, 6.07) is 19.4. The fourth-order valence-electron chi connectivity index (χ4n) is 3.13. The van der Waals surface area contributed by atoms with Crippen LogP contribution in [0.15, 0.2) is 72.0 Å². The lowest BCUT2D eigenvalue weighted by Gasteiger charge is -2.23. The van der Waals surface area contributed by atoms with Gasteiger partial charge in [-0.2, -0.15) is 0 Å². The first-order chi connectivity index (χ1) is 12.4. The van der Waals surface area contributed by atoms with E-state index in [4.69, 9.17) is 0 Å². The van der Waals surface area contributed by atoms with E-state index < -0.39 is 0 Å². The number of nitrogens with one attached hydrogen (secondary N) is 1. The molecule has 0 atom stereocenters. The highest BCUT2D eigenvalue weighted by Crippen LogP contribution is 2.35. The molecule has 5 heteroatoms. The van der Waals surface area contributed by atoms with E-state index in [1.54, 1.807) is 6.33 Å². The minimum absolute atomic E-state index is 0.841. The van der Waals surface area contributed by atoms with Crippen LogP contribution >= 0.6 is 11.9 Å². The molecule has 4 rings (SSSR count). The van der Waals surface area contributed by atoms with Crippen LogP contribution in [0, 0.1) is 0 Å². The van der Waals surface area contributed by atoms with Crippen LogP contribution in [0.2, 0.25) is 0 Å². The molecule has 4 nitrogen and oxygen atoms in total. The number of anilines is 1. The van der Waals surface area contributed by atoms with Crippen molar-refractivity contribution in [2.75, 3.05) is 24.5 Å². The third-order valence-corrected chi connectivity index (χ3v) is 5.62. The van der Waals surface area contributed by atoms with Gasteiger partial charge < -0.3 is 9.88 Å². The topological polar surface area (TPSA) is 35.2 Å². The average molecular weight is 350 g/mol. The number of imidazole rings is 1. The van der Waals surface area contributed by atoms with E-state index >= 15 is 0 Å². The smallest absolute Gasteiger partial charge is 0.0923 e. The summed E-state index contributed by atoms with van der Waals surface area (Å²) in [6.45, 7) is 3.94. The van der Waals surface area contributed by atoms with E-state index in [1.807, 2.05) is 18.1 Å². The minimum Gasteiger partial charge on any atom is -0.363 e. The number of nitrogens with zero attached hydrogens (tertiary/aromatic N) is 3. The molecule has 0 saturated carbocycles. The van der Waals surface area contributed by atoms with E-state index in [-0.39, 0.29) is 0 Å². The third kappa shape index (κ3) is 4.06. The fourth-order valence-corrected chi connectivity index (χ4v) is 4.19. The number of benzene rings is 2. The van der Waals surface area contributed by atoms with Crippen molar-refractivity contribution in [3.8, 4) is 0 Å². The zero-order chi connectivity index (χ0) is 16.9. The van der Waals surface area contributed by atoms with Gasteiger partial charge in [0.15, 0.2) is 0 Å². The van der Waals surface area contributed by atoms with Gasteiger partial charge in [-0.25, -0.2) is 9.29 Å². The van der Waals surface area contributed by atoms with Crippen LogP contribution in [-0.2, 0) is 13.0 Å². The van der Waals surface area contributed by atoms with Crippen molar-refractivity contribution in [3.05, 3.63) is 78.4 Å². The predicted molar refractivity (Wildman–Crippen MR) is 104 cm³/mol. The first-order valence-electron chi connectivity index (χ1n) is 8.67. The van der Waals surface area contributed by atoms with Gasteiger partial charge in [-0.3, -0.25) is 0 Å². The highest BCUT2D eigenvalue weighted by molar-refractivity contribution is 7.97. The molecule has 0 saturated heterocycles. The van der Waals surface area contributed by atoms with E-state index in [1.165, 1.54) is 16.1 Å². The molecule has 3 aromatic rings. The van der Waals surface area contributed by atoms with Crippen molar-refractivity contribution >= 4 is 17.6 Å². The zero-order valence-electron chi connectivity index (χ0n) is 14.1. The Hall–Kier alpha value is -2.24. The first-order valence-corrected chi connectivity index (χ1v) is 9.44. The Balaban J connectivity index is 1.48. The molecular weight excluding hydrogens is 328 g/mol. The second kappa shape index (κ2) is 7.76. The number of H-pyrrole nitrogens is 1. The number of aromatic amines is 1. The second-order valence-corrected chi connectivity index (χ2v) is 7.34. The molecule has 25 heavy (non-hydrogen) atoms. The molecule has 0 aliphatic carbocycles. The molecule has 1 N–H and O–H groups in total. The van der Waals surface area contributed by atoms with Crippen LogP contribution in [0.4, 0.5) is 5.69 Å². The highest BCUT2D eigenvalue weighted by Gasteiger charge is 2.20.